The molecule has 0 saturated carbocycles. The van der Waals surface area contributed by atoms with E-state index in [1.807, 2.05) is 0 Å². The van der Waals surface area contributed by atoms with Gasteiger partial charge in [-0.25, -0.2) is 8.78 Å². The topological polar surface area (TPSA) is 89.9 Å². The van der Waals surface area contributed by atoms with Gasteiger partial charge in [0.2, 0.25) is 5.43 Å². The van der Waals surface area contributed by atoms with Crippen LogP contribution in [0.5, 0.6) is 5.75 Å². The summed E-state index contributed by atoms with van der Waals surface area (Å²) in [5.41, 5.74) is -1.94. The lowest BCUT2D eigenvalue weighted by Crippen LogP contribution is -2.65. The van der Waals surface area contributed by atoms with Crippen LogP contribution < -0.4 is 15.5 Å². The summed E-state index contributed by atoms with van der Waals surface area (Å²) in [6.45, 7) is 8.10. The zero-order chi connectivity index (χ0) is 26.9. The second kappa shape index (κ2) is 10.5. The van der Waals surface area contributed by atoms with Crippen molar-refractivity contribution in [3.63, 3.8) is 0 Å². The Labute approximate surface area is 217 Å². The summed E-state index contributed by atoms with van der Waals surface area (Å²) >= 11 is 5.62. The summed E-state index contributed by atoms with van der Waals surface area (Å²) in [5.74, 6) is -3.50. The van der Waals surface area contributed by atoms with Crippen LogP contribution in [-0.2, 0) is 11.3 Å². The Morgan fingerprint density at radius 1 is 1.32 bits per heavy atom. The number of nitrogens with one attached hydrogen (secondary N) is 1. The molecular weight excluding hydrogens is 508 g/mol. The number of fused-ring (bicyclic) bond motifs is 3. The number of carbonyl (C=O) groups is 2. The van der Waals surface area contributed by atoms with Gasteiger partial charge in [-0.2, -0.15) is 0 Å². The molecular formula is C26H26ClF2N3O5. The van der Waals surface area contributed by atoms with Crippen LogP contribution in [0.4, 0.5) is 8.78 Å². The maximum Gasteiger partial charge on any atom is 0.275 e. The van der Waals surface area contributed by atoms with Crippen LogP contribution in [0.3, 0.4) is 0 Å². The van der Waals surface area contributed by atoms with Crippen LogP contribution in [-0.4, -0.2) is 53.7 Å². The summed E-state index contributed by atoms with van der Waals surface area (Å²) in [7, 11) is 1.25. The zero-order valence-electron chi connectivity index (χ0n) is 20.2. The van der Waals surface area contributed by atoms with Crippen LogP contribution in [0.15, 0.2) is 48.4 Å². The molecule has 1 N–H and O–H groups in total. The van der Waals surface area contributed by atoms with Gasteiger partial charge in [0.15, 0.2) is 11.4 Å². The molecule has 3 heterocycles. The average Bonchev–Trinajstić information content (AvgIpc) is 2.89. The monoisotopic (exact) mass is 533 g/mol. The van der Waals surface area contributed by atoms with Crippen LogP contribution in [0, 0.1) is 11.6 Å². The molecule has 2 aliphatic rings. The van der Waals surface area contributed by atoms with E-state index < -0.39 is 39.4 Å². The molecule has 2 amide bonds. The molecule has 0 aliphatic carbocycles. The number of pyridine rings is 1. The predicted octanol–water partition coefficient (Wildman–Crippen LogP) is 3.64. The minimum Gasteiger partial charge on any atom is -0.491 e. The van der Waals surface area contributed by atoms with E-state index in [1.54, 1.807) is 21.6 Å². The molecule has 0 bridgehead atoms. The van der Waals surface area contributed by atoms with Crippen LogP contribution in [0.25, 0.3) is 0 Å². The normalized spacial score (nSPS) is 20.6. The maximum atomic E-state index is 14.3. The Bertz CT molecular complexity index is 1340. The second-order valence-corrected chi connectivity index (χ2v) is 9.21. The number of methoxy groups -OCH3 is 1. The van der Waals surface area contributed by atoms with Gasteiger partial charge in [0.1, 0.15) is 22.2 Å². The fourth-order valence-corrected chi connectivity index (χ4v) is 5.31. The van der Waals surface area contributed by atoms with Crippen LogP contribution in [0.1, 0.15) is 45.3 Å². The van der Waals surface area contributed by atoms with Crippen molar-refractivity contribution in [1.29, 1.82) is 0 Å². The van der Waals surface area contributed by atoms with Gasteiger partial charge >= 0.3 is 0 Å². The standard InChI is InChI=1S/C26H26ClF2N3O5/c1-4-9-26-14-37-11-8-18(26)31-13-16(22(33)23(36-3)21(31)25(35)32(26)10-5-2)24(34)30-12-15-6-7-17(28)19(27)20(15)29/h4-7,13,18H,1-2,8-12,14H2,3H3,(H,30,34)/t18-,26+/m0/s1. The lowest BCUT2D eigenvalue weighted by molar-refractivity contribution is -0.0746. The number of amides is 2. The lowest BCUT2D eigenvalue weighted by atomic mass is 9.79. The first-order valence-corrected chi connectivity index (χ1v) is 11.9. The van der Waals surface area contributed by atoms with E-state index in [2.05, 4.69) is 18.5 Å². The zero-order valence-corrected chi connectivity index (χ0v) is 20.9. The van der Waals surface area contributed by atoms with Crippen LogP contribution >= 0.6 is 11.6 Å². The third-order valence-corrected chi connectivity index (χ3v) is 7.18. The van der Waals surface area contributed by atoms with E-state index in [0.29, 0.717) is 19.4 Å². The minimum atomic E-state index is -1.01. The first kappa shape index (κ1) is 26.6. The number of aromatic nitrogens is 1. The van der Waals surface area contributed by atoms with E-state index in [1.165, 1.54) is 13.3 Å². The average molecular weight is 534 g/mol. The molecule has 196 valence electrons. The lowest BCUT2D eigenvalue weighted by Gasteiger charge is -2.54. The van der Waals surface area contributed by atoms with Crippen molar-refractivity contribution >= 4 is 23.4 Å². The van der Waals surface area contributed by atoms with Crippen molar-refractivity contribution in [2.75, 3.05) is 26.9 Å². The highest BCUT2D eigenvalue weighted by molar-refractivity contribution is 6.30. The van der Waals surface area contributed by atoms with Crippen molar-refractivity contribution in [2.24, 2.45) is 0 Å². The van der Waals surface area contributed by atoms with E-state index in [0.717, 1.165) is 12.1 Å². The van der Waals surface area contributed by atoms with Crippen molar-refractivity contribution < 1.29 is 27.8 Å². The van der Waals surface area contributed by atoms with E-state index in [4.69, 9.17) is 21.1 Å². The molecule has 1 aromatic carbocycles. The van der Waals surface area contributed by atoms with Gasteiger partial charge in [-0.3, -0.25) is 14.4 Å². The highest BCUT2D eigenvalue weighted by Gasteiger charge is 2.53. The van der Waals surface area contributed by atoms with Gasteiger partial charge in [0.25, 0.3) is 11.8 Å². The van der Waals surface area contributed by atoms with Gasteiger partial charge in [0.05, 0.1) is 25.3 Å². The quantitative estimate of drug-likeness (QED) is 0.413. The molecule has 0 spiro atoms. The highest BCUT2D eigenvalue weighted by Crippen LogP contribution is 2.45. The molecule has 1 saturated heterocycles. The fourth-order valence-electron chi connectivity index (χ4n) is 5.13. The largest absolute Gasteiger partial charge is 0.491 e. The maximum absolute atomic E-state index is 14.3. The molecule has 37 heavy (non-hydrogen) atoms. The minimum absolute atomic E-state index is 0.0221. The van der Waals surface area contributed by atoms with Gasteiger partial charge in [-0.15, -0.1) is 13.2 Å². The fraction of sp³-hybridized carbons (Fsp3) is 0.346. The number of benzene rings is 1. The SMILES string of the molecule is C=CCN1C(=O)c2c(OC)c(=O)c(C(=O)NCc3ccc(F)c(Cl)c3F)cn2[C@H]2CCOC[C@]21CC=C. The molecule has 0 unspecified atom stereocenters. The summed E-state index contributed by atoms with van der Waals surface area (Å²) < 4.78 is 40.5. The number of nitrogens with zero attached hydrogens (tertiary/aromatic N) is 2. The van der Waals surface area contributed by atoms with Crippen LogP contribution in [0.2, 0.25) is 5.02 Å². The number of ether oxygens (including phenoxy) is 2. The van der Waals surface area contributed by atoms with Gasteiger partial charge < -0.3 is 24.3 Å². The van der Waals surface area contributed by atoms with E-state index >= 15 is 0 Å². The third kappa shape index (κ3) is 4.34. The molecule has 8 nitrogen and oxygen atoms in total. The number of halogens is 3. The van der Waals surface area contributed by atoms with Crippen molar-refractivity contribution in [1.82, 2.24) is 14.8 Å². The summed E-state index contributed by atoms with van der Waals surface area (Å²) in [4.78, 5) is 41.7. The van der Waals surface area contributed by atoms with Gasteiger partial charge in [0, 0.05) is 31.5 Å². The Morgan fingerprint density at radius 2 is 2.08 bits per heavy atom. The molecule has 1 aromatic heterocycles. The first-order valence-electron chi connectivity index (χ1n) is 11.6. The summed E-state index contributed by atoms with van der Waals surface area (Å²) in [5, 5.41) is 1.78. The Kier molecular flexibility index (Phi) is 7.52. The van der Waals surface area contributed by atoms with E-state index in [9.17, 15) is 23.2 Å². The van der Waals surface area contributed by atoms with Gasteiger partial charge in [-0.05, 0) is 18.9 Å². The smallest absolute Gasteiger partial charge is 0.275 e. The molecule has 2 aromatic rings. The second-order valence-electron chi connectivity index (χ2n) is 8.84. The summed E-state index contributed by atoms with van der Waals surface area (Å²) in [6, 6.07) is 1.77. The Balaban J connectivity index is 1.80. The van der Waals surface area contributed by atoms with E-state index in [-0.39, 0.29) is 48.3 Å². The van der Waals surface area contributed by atoms with Crippen molar-refractivity contribution in [3.8, 4) is 5.75 Å². The number of carbonyl (C=O) groups excluding carboxylic acids is 2. The molecule has 2 aliphatic heterocycles. The summed E-state index contributed by atoms with van der Waals surface area (Å²) in [6.07, 6.45) is 5.52. The van der Waals surface area contributed by atoms with Gasteiger partial charge in [-0.1, -0.05) is 29.8 Å². The highest BCUT2D eigenvalue weighted by atomic mass is 35.5. The predicted molar refractivity (Wildman–Crippen MR) is 133 cm³/mol. The van der Waals surface area contributed by atoms with Crippen molar-refractivity contribution in [3.05, 3.63) is 87.3 Å². The third-order valence-electron chi connectivity index (χ3n) is 6.83. The molecule has 1 fully saturated rings. The van der Waals surface area contributed by atoms with Crippen molar-refractivity contribution in [2.45, 2.75) is 31.0 Å². The molecule has 4 rings (SSSR count). The number of rotatable bonds is 8. The number of hydrogen-bond donors (Lipinski definition) is 1. The molecule has 0 radical (unpaired) electrons. The molecule has 11 heteroatoms. The first-order chi connectivity index (χ1) is 17.7. The molecule has 2 atom stereocenters. The Morgan fingerprint density at radius 3 is 2.76 bits per heavy atom. The Hall–Kier alpha value is -3.50. The number of hydrogen-bond acceptors (Lipinski definition) is 5.